The number of benzene rings is 1. The summed E-state index contributed by atoms with van der Waals surface area (Å²) in [7, 11) is 0. The number of hydrogen-bond acceptors (Lipinski definition) is 3. The van der Waals surface area contributed by atoms with Crippen LogP contribution < -0.4 is 16.2 Å². The van der Waals surface area contributed by atoms with Crippen molar-refractivity contribution in [2.75, 3.05) is 0 Å². The van der Waals surface area contributed by atoms with Gasteiger partial charge in [0.2, 0.25) is 0 Å². The van der Waals surface area contributed by atoms with Crippen LogP contribution in [-0.4, -0.2) is 16.9 Å². The van der Waals surface area contributed by atoms with Gasteiger partial charge in [-0.25, -0.2) is 10.2 Å². The van der Waals surface area contributed by atoms with E-state index in [-0.39, 0.29) is 6.54 Å². The molecule has 0 spiro atoms. The molecule has 2 aromatic heterocycles. The summed E-state index contributed by atoms with van der Waals surface area (Å²) >= 11 is 0. The van der Waals surface area contributed by atoms with Gasteiger partial charge in [-0.05, 0) is 43.2 Å². The van der Waals surface area contributed by atoms with E-state index in [4.69, 9.17) is 4.42 Å². The Morgan fingerprint density at radius 3 is 2.62 bits per heavy atom. The van der Waals surface area contributed by atoms with Crippen LogP contribution in [0.4, 0.5) is 4.79 Å². The Labute approximate surface area is 138 Å². The summed E-state index contributed by atoms with van der Waals surface area (Å²) in [5.41, 5.74) is 8.11. The summed E-state index contributed by atoms with van der Waals surface area (Å²) in [6.07, 6.45) is 1.52. The van der Waals surface area contributed by atoms with Gasteiger partial charge in [0.25, 0.3) is 5.91 Å². The first-order valence-electron chi connectivity index (χ1n) is 7.50. The minimum atomic E-state index is -0.525. The Hall–Kier alpha value is -3.22. The monoisotopic (exact) mass is 326 g/mol. The Morgan fingerprint density at radius 1 is 1.12 bits per heavy atom. The molecule has 0 aliphatic rings. The normalized spacial score (nSPS) is 10.6. The summed E-state index contributed by atoms with van der Waals surface area (Å²) < 4.78 is 5.10. The zero-order valence-corrected chi connectivity index (χ0v) is 13.4. The number of carbonyl (C=O) groups is 2. The Bertz CT molecular complexity index is 842. The van der Waals surface area contributed by atoms with Gasteiger partial charge in [-0.2, -0.15) is 0 Å². The number of amides is 3. The Balaban J connectivity index is 1.60. The van der Waals surface area contributed by atoms with Crippen LogP contribution in [0.1, 0.15) is 27.4 Å². The highest BCUT2D eigenvalue weighted by molar-refractivity contribution is 6.00. The van der Waals surface area contributed by atoms with Crippen molar-refractivity contribution < 1.29 is 14.0 Å². The maximum atomic E-state index is 12.2. The molecule has 2 heterocycles. The third-order valence-corrected chi connectivity index (χ3v) is 3.76. The Morgan fingerprint density at radius 2 is 1.92 bits per heavy atom. The molecular formula is C17H18N4O3. The predicted octanol–water partition coefficient (Wildman–Crippen LogP) is 2.52. The molecule has 0 radical (unpaired) electrons. The van der Waals surface area contributed by atoms with Gasteiger partial charge in [0.15, 0.2) is 0 Å². The average Bonchev–Trinajstić information content (AvgIpc) is 3.24. The second-order valence-corrected chi connectivity index (χ2v) is 5.51. The first-order chi connectivity index (χ1) is 11.5. The summed E-state index contributed by atoms with van der Waals surface area (Å²) in [4.78, 5) is 26.9. The molecule has 24 heavy (non-hydrogen) atoms. The number of urea groups is 1. The number of H-pyrrole nitrogens is 1. The predicted molar refractivity (Wildman–Crippen MR) is 89.3 cm³/mol. The fourth-order valence-corrected chi connectivity index (χ4v) is 2.43. The lowest BCUT2D eigenvalue weighted by molar-refractivity contribution is 0.0932. The fourth-order valence-electron chi connectivity index (χ4n) is 2.43. The van der Waals surface area contributed by atoms with Gasteiger partial charge in [0.1, 0.15) is 11.5 Å². The lowest BCUT2D eigenvalue weighted by atomic mass is 10.1. The standard InChI is InChI=1S/C17H18N4O3/c1-10-5-6-11(2)15-13(10)8-14(19-15)16(22)20-21-17(23)18-9-12-4-3-7-24-12/h3-8,19H,9H2,1-2H3,(H,20,22)(H2,18,21,23). The number of aromatic amines is 1. The second-order valence-electron chi connectivity index (χ2n) is 5.51. The zero-order chi connectivity index (χ0) is 17.1. The van der Waals surface area contributed by atoms with Crippen LogP contribution >= 0.6 is 0 Å². The highest BCUT2D eigenvalue weighted by Crippen LogP contribution is 2.22. The number of fused-ring (bicyclic) bond motifs is 1. The summed E-state index contributed by atoms with van der Waals surface area (Å²) in [6, 6.07) is 8.73. The number of carbonyl (C=O) groups excluding carboxylic acids is 2. The van der Waals surface area contributed by atoms with Gasteiger partial charge < -0.3 is 14.7 Å². The highest BCUT2D eigenvalue weighted by Gasteiger charge is 2.12. The summed E-state index contributed by atoms with van der Waals surface area (Å²) in [6.45, 7) is 4.19. The lowest BCUT2D eigenvalue weighted by Gasteiger charge is -2.07. The van der Waals surface area contributed by atoms with Crippen LogP contribution in [-0.2, 0) is 6.54 Å². The highest BCUT2D eigenvalue weighted by atomic mass is 16.3. The molecule has 0 aliphatic heterocycles. The maximum absolute atomic E-state index is 12.2. The molecule has 0 fully saturated rings. The molecule has 0 saturated heterocycles. The molecule has 0 saturated carbocycles. The van der Waals surface area contributed by atoms with E-state index in [9.17, 15) is 9.59 Å². The largest absolute Gasteiger partial charge is 0.467 e. The van der Waals surface area contributed by atoms with Gasteiger partial charge in [0.05, 0.1) is 12.8 Å². The Kier molecular flexibility index (Phi) is 4.24. The second kappa shape index (κ2) is 6.49. The van der Waals surface area contributed by atoms with E-state index in [0.717, 1.165) is 22.0 Å². The van der Waals surface area contributed by atoms with Crippen molar-refractivity contribution in [3.05, 3.63) is 59.2 Å². The van der Waals surface area contributed by atoms with Gasteiger partial charge >= 0.3 is 6.03 Å². The van der Waals surface area contributed by atoms with Gasteiger partial charge in [-0.15, -0.1) is 0 Å². The maximum Gasteiger partial charge on any atom is 0.333 e. The van der Waals surface area contributed by atoms with E-state index >= 15 is 0 Å². The first kappa shape index (κ1) is 15.7. The van der Waals surface area contributed by atoms with E-state index < -0.39 is 11.9 Å². The molecule has 4 N–H and O–H groups in total. The molecule has 7 nitrogen and oxygen atoms in total. The van der Waals surface area contributed by atoms with Crippen molar-refractivity contribution >= 4 is 22.8 Å². The van der Waals surface area contributed by atoms with Crippen molar-refractivity contribution in [1.82, 2.24) is 21.2 Å². The van der Waals surface area contributed by atoms with Crippen LogP contribution in [0.3, 0.4) is 0 Å². The quantitative estimate of drug-likeness (QED) is 0.557. The fraction of sp³-hybridized carbons (Fsp3) is 0.176. The summed E-state index contributed by atoms with van der Waals surface area (Å²) in [5.74, 6) is 0.205. The molecule has 3 amide bonds. The zero-order valence-electron chi connectivity index (χ0n) is 13.4. The third kappa shape index (κ3) is 3.24. The molecule has 1 aromatic carbocycles. The number of furan rings is 1. The van der Waals surface area contributed by atoms with Crippen LogP contribution in [0.2, 0.25) is 0 Å². The van der Waals surface area contributed by atoms with Crippen LogP contribution in [0.25, 0.3) is 10.9 Å². The van der Waals surface area contributed by atoms with Crippen LogP contribution in [0.5, 0.6) is 0 Å². The number of aromatic nitrogens is 1. The van der Waals surface area contributed by atoms with E-state index in [2.05, 4.69) is 21.2 Å². The number of aryl methyl sites for hydroxylation is 2. The molecular weight excluding hydrogens is 308 g/mol. The average molecular weight is 326 g/mol. The van der Waals surface area contributed by atoms with E-state index in [1.807, 2.05) is 26.0 Å². The van der Waals surface area contributed by atoms with Gasteiger partial charge in [-0.3, -0.25) is 10.2 Å². The van der Waals surface area contributed by atoms with Crippen molar-refractivity contribution in [2.45, 2.75) is 20.4 Å². The smallest absolute Gasteiger partial charge is 0.333 e. The van der Waals surface area contributed by atoms with Crippen molar-refractivity contribution in [3.63, 3.8) is 0 Å². The number of hydrazine groups is 1. The van der Waals surface area contributed by atoms with Crippen molar-refractivity contribution in [2.24, 2.45) is 0 Å². The number of nitrogens with one attached hydrogen (secondary N) is 4. The van der Waals surface area contributed by atoms with Gasteiger partial charge in [0, 0.05) is 10.9 Å². The first-order valence-corrected chi connectivity index (χ1v) is 7.50. The van der Waals surface area contributed by atoms with Crippen molar-refractivity contribution in [1.29, 1.82) is 0 Å². The number of rotatable bonds is 3. The minimum Gasteiger partial charge on any atom is -0.467 e. The van der Waals surface area contributed by atoms with Crippen molar-refractivity contribution in [3.8, 4) is 0 Å². The summed E-state index contributed by atoms with van der Waals surface area (Å²) in [5, 5.41) is 3.56. The topological polar surface area (TPSA) is 99.2 Å². The molecule has 0 unspecified atom stereocenters. The van der Waals surface area contributed by atoms with Gasteiger partial charge in [-0.1, -0.05) is 12.1 Å². The minimum absolute atomic E-state index is 0.236. The molecule has 0 atom stereocenters. The van der Waals surface area contributed by atoms with Crippen LogP contribution in [0.15, 0.2) is 41.0 Å². The van der Waals surface area contributed by atoms with E-state index in [1.165, 1.54) is 6.26 Å². The molecule has 3 aromatic rings. The van der Waals surface area contributed by atoms with Crippen LogP contribution in [0, 0.1) is 13.8 Å². The number of hydrogen-bond donors (Lipinski definition) is 4. The third-order valence-electron chi connectivity index (χ3n) is 3.76. The van der Waals surface area contributed by atoms with E-state index in [0.29, 0.717) is 11.5 Å². The molecule has 124 valence electrons. The molecule has 3 rings (SSSR count). The molecule has 0 aliphatic carbocycles. The lowest BCUT2D eigenvalue weighted by Crippen LogP contribution is -2.46. The molecule has 7 heteroatoms. The molecule has 0 bridgehead atoms. The SMILES string of the molecule is Cc1ccc(C)c2[nH]c(C(=O)NNC(=O)NCc3ccco3)cc12. The van der Waals surface area contributed by atoms with E-state index in [1.54, 1.807) is 18.2 Å².